The number of fused-ring (bicyclic) bond motifs is 1. The van der Waals surface area contributed by atoms with Crippen molar-refractivity contribution in [1.29, 1.82) is 0 Å². The Morgan fingerprint density at radius 2 is 2.15 bits per heavy atom. The predicted octanol–water partition coefficient (Wildman–Crippen LogP) is 3.62. The number of hydrogen-bond acceptors (Lipinski definition) is 3. The molecule has 3 aromatic rings. The molecular weight excluding hydrogens is 286 g/mol. The van der Waals surface area contributed by atoms with E-state index < -0.39 is 6.43 Å². The van der Waals surface area contributed by atoms with Gasteiger partial charge in [0, 0.05) is 36.0 Å². The van der Waals surface area contributed by atoms with Gasteiger partial charge in [-0.05, 0) is 12.1 Å². The van der Waals surface area contributed by atoms with Crippen molar-refractivity contribution in [3.63, 3.8) is 0 Å². The fourth-order valence-electron chi connectivity index (χ4n) is 2.00. The van der Waals surface area contributed by atoms with Crippen molar-refractivity contribution in [3.8, 4) is 11.3 Å². The van der Waals surface area contributed by atoms with E-state index in [2.05, 4.69) is 15.1 Å². The van der Waals surface area contributed by atoms with Crippen molar-refractivity contribution in [2.45, 2.75) is 6.43 Å². The van der Waals surface area contributed by atoms with E-state index in [4.69, 9.17) is 11.6 Å². The summed E-state index contributed by atoms with van der Waals surface area (Å²) in [6.07, 6.45) is 1.96. The molecule has 0 amide bonds. The topological polar surface area (TPSA) is 43.6 Å². The Bertz CT molecular complexity index is 785. The van der Waals surface area contributed by atoms with Gasteiger partial charge in [-0.2, -0.15) is 5.10 Å². The Kier molecular flexibility index (Phi) is 3.10. The summed E-state index contributed by atoms with van der Waals surface area (Å²) in [5.41, 5.74) is 0.850. The molecule has 3 rings (SSSR count). The lowest BCUT2D eigenvalue weighted by molar-refractivity contribution is 0.152. The average molecular weight is 295 g/mol. The number of pyridine rings is 2. The number of alkyl halides is 2. The third-order valence-electron chi connectivity index (χ3n) is 2.92. The van der Waals surface area contributed by atoms with Gasteiger partial charge in [0.05, 0.1) is 16.9 Å². The van der Waals surface area contributed by atoms with E-state index in [9.17, 15) is 8.78 Å². The summed E-state index contributed by atoms with van der Waals surface area (Å²) in [4.78, 5) is 8.28. The summed E-state index contributed by atoms with van der Waals surface area (Å²) in [5.74, 6) is 0. The van der Waals surface area contributed by atoms with E-state index in [1.54, 1.807) is 19.3 Å². The number of halogens is 3. The number of aromatic nitrogens is 4. The number of aryl methyl sites for hydroxylation is 1. The van der Waals surface area contributed by atoms with Crippen LogP contribution >= 0.6 is 11.6 Å². The Balaban J connectivity index is 2.32. The zero-order chi connectivity index (χ0) is 14.3. The first-order valence-electron chi connectivity index (χ1n) is 5.78. The summed E-state index contributed by atoms with van der Waals surface area (Å²) in [7, 11) is 1.71. The van der Waals surface area contributed by atoms with Gasteiger partial charge in [0.1, 0.15) is 0 Å². The summed E-state index contributed by atoms with van der Waals surface area (Å²) in [6, 6.07) is 2.88. The van der Waals surface area contributed by atoms with Crippen molar-refractivity contribution >= 4 is 22.6 Å². The van der Waals surface area contributed by atoms with Gasteiger partial charge in [-0.3, -0.25) is 4.68 Å². The molecular formula is C13H9ClF2N4. The van der Waals surface area contributed by atoms with E-state index in [0.717, 1.165) is 0 Å². The van der Waals surface area contributed by atoms with Gasteiger partial charge < -0.3 is 0 Å². The third kappa shape index (κ3) is 2.12. The van der Waals surface area contributed by atoms with E-state index in [1.807, 2.05) is 0 Å². The van der Waals surface area contributed by atoms with E-state index in [1.165, 1.54) is 23.1 Å². The van der Waals surface area contributed by atoms with Crippen LogP contribution in [0.15, 0.2) is 30.7 Å². The molecule has 0 aliphatic rings. The summed E-state index contributed by atoms with van der Waals surface area (Å²) in [5, 5.41) is 4.74. The smallest absolute Gasteiger partial charge is 0.265 e. The highest BCUT2D eigenvalue weighted by molar-refractivity contribution is 6.35. The molecule has 3 heterocycles. The highest BCUT2D eigenvalue weighted by atomic mass is 35.5. The molecule has 0 saturated heterocycles. The number of hydrogen-bond donors (Lipinski definition) is 0. The molecule has 3 aromatic heterocycles. The van der Waals surface area contributed by atoms with Crippen molar-refractivity contribution < 1.29 is 8.78 Å². The summed E-state index contributed by atoms with van der Waals surface area (Å²) < 4.78 is 28.0. The van der Waals surface area contributed by atoms with Crippen LogP contribution in [0.5, 0.6) is 0 Å². The molecule has 20 heavy (non-hydrogen) atoms. The van der Waals surface area contributed by atoms with Crippen LogP contribution in [0.2, 0.25) is 5.02 Å². The van der Waals surface area contributed by atoms with Gasteiger partial charge in [-0.25, -0.2) is 18.7 Å². The molecule has 0 bridgehead atoms. The standard InChI is InChI=1S/C13H9ClF2N4/c1-20-6-7(5-18-20)11-9(12(15)16)4-8-10(14)2-3-17-13(8)19-11/h2-6,12H,1H3. The second kappa shape index (κ2) is 4.79. The molecule has 0 fully saturated rings. The van der Waals surface area contributed by atoms with Gasteiger partial charge in [0.2, 0.25) is 0 Å². The van der Waals surface area contributed by atoms with Crippen LogP contribution in [-0.4, -0.2) is 19.7 Å². The van der Waals surface area contributed by atoms with E-state index >= 15 is 0 Å². The van der Waals surface area contributed by atoms with Crippen LogP contribution in [0, 0.1) is 0 Å². The maximum Gasteiger partial charge on any atom is 0.265 e. The van der Waals surface area contributed by atoms with E-state index in [-0.39, 0.29) is 11.3 Å². The minimum absolute atomic E-state index is 0.176. The summed E-state index contributed by atoms with van der Waals surface area (Å²) >= 11 is 5.99. The fraction of sp³-hybridized carbons (Fsp3) is 0.154. The molecule has 0 radical (unpaired) electrons. The molecule has 0 atom stereocenters. The first kappa shape index (κ1) is 12.9. The molecule has 7 heteroatoms. The molecule has 0 aliphatic carbocycles. The predicted molar refractivity (Wildman–Crippen MR) is 71.7 cm³/mol. The number of rotatable bonds is 2. The molecule has 4 nitrogen and oxygen atoms in total. The van der Waals surface area contributed by atoms with Crippen LogP contribution in [0.1, 0.15) is 12.0 Å². The van der Waals surface area contributed by atoms with Gasteiger partial charge in [-0.1, -0.05) is 11.6 Å². The maximum absolute atomic E-state index is 13.2. The zero-order valence-electron chi connectivity index (χ0n) is 10.4. The molecule has 0 N–H and O–H groups in total. The van der Waals surface area contributed by atoms with Crippen molar-refractivity contribution in [2.24, 2.45) is 7.05 Å². The lowest BCUT2D eigenvalue weighted by Gasteiger charge is -2.08. The largest absolute Gasteiger partial charge is 0.275 e. The Morgan fingerprint density at radius 3 is 2.80 bits per heavy atom. The minimum atomic E-state index is -2.65. The van der Waals surface area contributed by atoms with Crippen molar-refractivity contribution in [3.05, 3.63) is 41.3 Å². The molecule has 0 saturated carbocycles. The molecule has 0 spiro atoms. The highest BCUT2D eigenvalue weighted by Crippen LogP contribution is 2.33. The SMILES string of the molecule is Cn1cc(-c2nc3nccc(Cl)c3cc2C(F)F)cn1. The Morgan fingerprint density at radius 1 is 1.35 bits per heavy atom. The minimum Gasteiger partial charge on any atom is -0.275 e. The third-order valence-corrected chi connectivity index (χ3v) is 3.25. The quantitative estimate of drug-likeness (QED) is 0.725. The zero-order valence-corrected chi connectivity index (χ0v) is 11.1. The molecule has 0 aliphatic heterocycles. The van der Waals surface area contributed by atoms with Gasteiger partial charge >= 0.3 is 0 Å². The molecule has 0 unspecified atom stereocenters. The lowest BCUT2D eigenvalue weighted by Crippen LogP contribution is -1.96. The van der Waals surface area contributed by atoms with Crippen LogP contribution in [0.3, 0.4) is 0 Å². The second-order valence-corrected chi connectivity index (χ2v) is 4.70. The second-order valence-electron chi connectivity index (χ2n) is 4.29. The maximum atomic E-state index is 13.2. The van der Waals surface area contributed by atoms with Crippen LogP contribution < -0.4 is 0 Å². The summed E-state index contributed by atoms with van der Waals surface area (Å²) in [6.45, 7) is 0. The van der Waals surface area contributed by atoms with Crippen LogP contribution in [0.4, 0.5) is 8.78 Å². The van der Waals surface area contributed by atoms with Gasteiger partial charge in [-0.15, -0.1) is 0 Å². The van der Waals surface area contributed by atoms with Crippen LogP contribution in [-0.2, 0) is 7.05 Å². The van der Waals surface area contributed by atoms with E-state index in [0.29, 0.717) is 21.6 Å². The number of nitrogens with zero attached hydrogens (tertiary/aromatic N) is 4. The first-order valence-corrected chi connectivity index (χ1v) is 6.16. The molecule has 102 valence electrons. The van der Waals surface area contributed by atoms with Crippen molar-refractivity contribution in [1.82, 2.24) is 19.7 Å². The highest BCUT2D eigenvalue weighted by Gasteiger charge is 2.19. The van der Waals surface area contributed by atoms with Crippen LogP contribution in [0.25, 0.3) is 22.3 Å². The normalized spacial score (nSPS) is 11.4. The monoisotopic (exact) mass is 294 g/mol. The fourth-order valence-corrected chi connectivity index (χ4v) is 2.19. The molecule has 0 aromatic carbocycles. The lowest BCUT2D eigenvalue weighted by atomic mass is 10.1. The Labute approximate surface area is 118 Å². The first-order chi connectivity index (χ1) is 9.56. The average Bonchev–Trinajstić information content (AvgIpc) is 2.84. The van der Waals surface area contributed by atoms with Crippen molar-refractivity contribution in [2.75, 3.05) is 0 Å². The van der Waals surface area contributed by atoms with Gasteiger partial charge in [0.25, 0.3) is 6.43 Å². The Hall–Kier alpha value is -2.08. The van der Waals surface area contributed by atoms with Gasteiger partial charge in [0.15, 0.2) is 5.65 Å².